The average Bonchev–Trinajstić information content (AvgIpc) is 2.37. The molecule has 0 radical (unpaired) electrons. The first kappa shape index (κ1) is 12.8. The van der Waals surface area contributed by atoms with Gasteiger partial charge >= 0.3 is 0 Å². The van der Waals surface area contributed by atoms with Crippen molar-refractivity contribution in [1.82, 2.24) is 10.3 Å². The number of phenolic OH excluding ortho intramolecular Hbond substituents is 1. The molecule has 0 amide bonds. The molecule has 3 N–H and O–H groups in total. The summed E-state index contributed by atoms with van der Waals surface area (Å²) in [6.07, 6.45) is 1.02. The third-order valence-corrected chi connectivity index (χ3v) is 2.86. The normalized spacial score (nSPS) is 13.1. The molecule has 0 aliphatic heterocycles. The largest absolute Gasteiger partial charge is 0.506 e. The van der Waals surface area contributed by atoms with Gasteiger partial charge in [-0.2, -0.15) is 0 Å². The molecule has 1 aromatic carbocycles. The summed E-state index contributed by atoms with van der Waals surface area (Å²) in [5.41, 5.74) is 1.31. The number of pyridine rings is 1. The number of benzene rings is 1. The molecule has 1 atom stereocenters. The first-order chi connectivity index (χ1) is 8.59. The highest BCUT2D eigenvalue weighted by Gasteiger charge is 2.13. The molecular formula is C14H18N2O2. The van der Waals surface area contributed by atoms with Gasteiger partial charge in [0.1, 0.15) is 11.3 Å². The molecule has 18 heavy (non-hydrogen) atoms. The first-order valence-electron chi connectivity index (χ1n) is 6.07. The van der Waals surface area contributed by atoms with Gasteiger partial charge < -0.3 is 15.5 Å². The number of hydrogen-bond donors (Lipinski definition) is 3. The Hall–Kier alpha value is -1.65. The van der Waals surface area contributed by atoms with Crippen LogP contribution in [0, 0.1) is 0 Å². The van der Waals surface area contributed by atoms with Crippen molar-refractivity contribution in [2.24, 2.45) is 0 Å². The Balaban J connectivity index is 2.36. The standard InChI is InChI=1S/C14H18N2O2/c1-9(2)16-8-13(18)10-5-6-12(17)14-11(10)4-3-7-15-14/h3-7,9,13,16-18H,8H2,1-2H3. The van der Waals surface area contributed by atoms with Crippen LogP contribution in [0.25, 0.3) is 10.9 Å². The fourth-order valence-corrected chi connectivity index (χ4v) is 1.93. The fourth-order valence-electron chi connectivity index (χ4n) is 1.93. The maximum Gasteiger partial charge on any atom is 0.141 e. The van der Waals surface area contributed by atoms with E-state index in [2.05, 4.69) is 10.3 Å². The van der Waals surface area contributed by atoms with Gasteiger partial charge in [0.05, 0.1) is 6.10 Å². The minimum Gasteiger partial charge on any atom is -0.506 e. The Bertz CT molecular complexity index is 540. The number of rotatable bonds is 4. The lowest BCUT2D eigenvalue weighted by Gasteiger charge is -2.16. The highest BCUT2D eigenvalue weighted by Crippen LogP contribution is 2.28. The van der Waals surface area contributed by atoms with Gasteiger partial charge in [0, 0.05) is 24.2 Å². The molecule has 2 rings (SSSR count). The molecule has 4 heteroatoms. The van der Waals surface area contributed by atoms with Crippen molar-refractivity contribution >= 4 is 10.9 Å². The highest BCUT2D eigenvalue weighted by molar-refractivity contribution is 5.87. The molecule has 0 aliphatic rings. The van der Waals surface area contributed by atoms with Crippen molar-refractivity contribution in [2.45, 2.75) is 26.0 Å². The second-order valence-corrected chi connectivity index (χ2v) is 4.65. The van der Waals surface area contributed by atoms with Gasteiger partial charge in [0.25, 0.3) is 0 Å². The lowest BCUT2D eigenvalue weighted by molar-refractivity contribution is 0.173. The number of nitrogens with one attached hydrogen (secondary N) is 1. The molecule has 0 aliphatic carbocycles. The van der Waals surface area contributed by atoms with E-state index in [1.54, 1.807) is 24.4 Å². The van der Waals surface area contributed by atoms with Crippen LogP contribution in [-0.2, 0) is 0 Å². The molecule has 4 nitrogen and oxygen atoms in total. The minimum atomic E-state index is -0.611. The maximum atomic E-state index is 10.2. The van der Waals surface area contributed by atoms with Crippen LogP contribution in [0.2, 0.25) is 0 Å². The lowest BCUT2D eigenvalue weighted by atomic mass is 10.0. The van der Waals surface area contributed by atoms with Gasteiger partial charge in [0.15, 0.2) is 0 Å². The molecule has 0 bridgehead atoms. The van der Waals surface area contributed by atoms with Crippen LogP contribution in [0.4, 0.5) is 0 Å². The molecule has 0 fully saturated rings. The van der Waals surface area contributed by atoms with Gasteiger partial charge in [-0.25, -0.2) is 0 Å². The van der Waals surface area contributed by atoms with E-state index in [4.69, 9.17) is 0 Å². The van der Waals surface area contributed by atoms with Gasteiger partial charge in [-0.1, -0.05) is 26.0 Å². The zero-order valence-corrected chi connectivity index (χ0v) is 10.6. The van der Waals surface area contributed by atoms with Crippen LogP contribution in [0.15, 0.2) is 30.5 Å². The molecule has 1 unspecified atom stereocenters. The topological polar surface area (TPSA) is 65.4 Å². The summed E-state index contributed by atoms with van der Waals surface area (Å²) in [4.78, 5) is 4.14. The van der Waals surface area contributed by atoms with Crippen LogP contribution >= 0.6 is 0 Å². The SMILES string of the molecule is CC(C)NCC(O)c1ccc(O)c2ncccc12. The van der Waals surface area contributed by atoms with Crippen molar-refractivity contribution in [3.8, 4) is 5.75 Å². The van der Waals surface area contributed by atoms with Crippen molar-refractivity contribution in [3.05, 3.63) is 36.0 Å². The van der Waals surface area contributed by atoms with E-state index in [-0.39, 0.29) is 5.75 Å². The monoisotopic (exact) mass is 246 g/mol. The second-order valence-electron chi connectivity index (χ2n) is 4.65. The molecule has 0 spiro atoms. The minimum absolute atomic E-state index is 0.137. The number of aromatic nitrogens is 1. The quantitative estimate of drug-likeness (QED) is 0.771. The molecular weight excluding hydrogens is 228 g/mol. The number of aliphatic hydroxyl groups excluding tert-OH is 1. The number of aliphatic hydroxyl groups is 1. The van der Waals surface area contributed by atoms with Crippen molar-refractivity contribution in [2.75, 3.05) is 6.54 Å². The van der Waals surface area contributed by atoms with E-state index in [0.29, 0.717) is 18.1 Å². The summed E-state index contributed by atoms with van der Waals surface area (Å²) in [5, 5.41) is 23.9. The Morgan fingerprint density at radius 2 is 2.06 bits per heavy atom. The Labute approximate surface area is 106 Å². The van der Waals surface area contributed by atoms with E-state index in [1.807, 2.05) is 19.9 Å². The molecule has 1 aromatic heterocycles. The smallest absolute Gasteiger partial charge is 0.141 e. The van der Waals surface area contributed by atoms with E-state index in [0.717, 1.165) is 10.9 Å². The number of fused-ring (bicyclic) bond motifs is 1. The highest BCUT2D eigenvalue weighted by atomic mass is 16.3. The summed E-state index contributed by atoms with van der Waals surface area (Å²) >= 11 is 0. The Morgan fingerprint density at radius 1 is 1.28 bits per heavy atom. The van der Waals surface area contributed by atoms with E-state index >= 15 is 0 Å². The predicted octanol–water partition coefficient (Wildman–Crippen LogP) is 1.97. The van der Waals surface area contributed by atoms with Crippen LogP contribution in [0.1, 0.15) is 25.5 Å². The van der Waals surface area contributed by atoms with Crippen molar-refractivity contribution in [1.29, 1.82) is 0 Å². The molecule has 2 aromatic rings. The van der Waals surface area contributed by atoms with Crippen LogP contribution in [0.5, 0.6) is 5.75 Å². The van der Waals surface area contributed by atoms with Crippen molar-refractivity contribution < 1.29 is 10.2 Å². The maximum absolute atomic E-state index is 10.2. The fraction of sp³-hybridized carbons (Fsp3) is 0.357. The summed E-state index contributed by atoms with van der Waals surface area (Å²) in [6, 6.07) is 7.29. The molecule has 96 valence electrons. The Morgan fingerprint density at radius 3 is 2.78 bits per heavy atom. The number of phenols is 1. The van der Waals surface area contributed by atoms with Crippen LogP contribution in [-0.4, -0.2) is 27.8 Å². The summed E-state index contributed by atoms with van der Waals surface area (Å²) in [6.45, 7) is 4.54. The van der Waals surface area contributed by atoms with Crippen LogP contribution < -0.4 is 5.32 Å². The molecule has 1 heterocycles. The van der Waals surface area contributed by atoms with E-state index < -0.39 is 6.10 Å². The van der Waals surface area contributed by atoms with Crippen molar-refractivity contribution in [3.63, 3.8) is 0 Å². The third kappa shape index (κ3) is 2.60. The molecule has 0 saturated carbocycles. The number of aromatic hydroxyl groups is 1. The molecule has 0 saturated heterocycles. The van der Waals surface area contributed by atoms with E-state index in [9.17, 15) is 10.2 Å². The van der Waals surface area contributed by atoms with Gasteiger partial charge in [-0.05, 0) is 17.7 Å². The number of nitrogens with zero attached hydrogens (tertiary/aromatic N) is 1. The summed E-state index contributed by atoms with van der Waals surface area (Å²) < 4.78 is 0. The zero-order chi connectivity index (χ0) is 13.1. The summed E-state index contributed by atoms with van der Waals surface area (Å²) in [5.74, 6) is 0.137. The Kier molecular flexibility index (Phi) is 3.79. The van der Waals surface area contributed by atoms with Gasteiger partial charge in [-0.15, -0.1) is 0 Å². The van der Waals surface area contributed by atoms with E-state index in [1.165, 1.54) is 0 Å². The van der Waals surface area contributed by atoms with Crippen LogP contribution in [0.3, 0.4) is 0 Å². The zero-order valence-electron chi connectivity index (χ0n) is 10.6. The number of hydrogen-bond acceptors (Lipinski definition) is 4. The first-order valence-corrected chi connectivity index (χ1v) is 6.07. The van der Waals surface area contributed by atoms with Gasteiger partial charge in [-0.3, -0.25) is 4.98 Å². The third-order valence-electron chi connectivity index (χ3n) is 2.86. The lowest BCUT2D eigenvalue weighted by Crippen LogP contribution is -2.28. The second kappa shape index (κ2) is 5.33. The summed E-state index contributed by atoms with van der Waals surface area (Å²) in [7, 11) is 0. The van der Waals surface area contributed by atoms with Gasteiger partial charge in [0.2, 0.25) is 0 Å². The predicted molar refractivity (Wildman–Crippen MR) is 71.5 cm³/mol. The average molecular weight is 246 g/mol.